The van der Waals surface area contributed by atoms with Gasteiger partial charge in [-0.15, -0.1) is 0 Å². The smallest absolute Gasteiger partial charge is 0.215 e. The molecule has 1 N–H and O–H groups in total. The van der Waals surface area contributed by atoms with Crippen LogP contribution in [-0.2, 0) is 6.42 Å². The quantitative estimate of drug-likeness (QED) is 0.524. The minimum atomic E-state index is 0.184. The van der Waals surface area contributed by atoms with Crippen molar-refractivity contribution in [3.8, 4) is 11.6 Å². The first-order chi connectivity index (χ1) is 15.3. The van der Waals surface area contributed by atoms with Gasteiger partial charge in [-0.25, -0.2) is 9.98 Å². The van der Waals surface area contributed by atoms with Crippen molar-refractivity contribution < 1.29 is 5.11 Å². The van der Waals surface area contributed by atoms with Crippen LogP contribution in [0, 0.1) is 0 Å². The van der Waals surface area contributed by atoms with Gasteiger partial charge in [0.1, 0.15) is 6.34 Å². The summed E-state index contributed by atoms with van der Waals surface area (Å²) in [4.78, 5) is 14.8. The van der Waals surface area contributed by atoms with Crippen LogP contribution in [0.3, 0.4) is 0 Å². The van der Waals surface area contributed by atoms with Crippen molar-refractivity contribution in [2.75, 3.05) is 6.54 Å². The highest BCUT2D eigenvalue weighted by atomic mass is 32.1. The van der Waals surface area contributed by atoms with Crippen LogP contribution in [0.5, 0.6) is 5.88 Å². The van der Waals surface area contributed by atoms with Crippen LogP contribution in [0.1, 0.15) is 10.4 Å². The van der Waals surface area contributed by atoms with Crippen LogP contribution in [0.25, 0.3) is 11.8 Å². The molecule has 2 heterocycles. The molecule has 1 aromatic heterocycles. The van der Waals surface area contributed by atoms with Gasteiger partial charge in [0.15, 0.2) is 4.80 Å². The Labute approximate surface area is 183 Å². The first-order valence-electron chi connectivity index (χ1n) is 10.0. The number of benzene rings is 3. The predicted molar refractivity (Wildman–Crippen MR) is 125 cm³/mol. The molecule has 1 aliphatic rings. The van der Waals surface area contributed by atoms with E-state index in [1.165, 1.54) is 16.9 Å². The molecule has 0 bridgehead atoms. The summed E-state index contributed by atoms with van der Waals surface area (Å²) >= 11 is 1.47. The SMILES string of the molecule is Oc1c(C=c2ccc3c(c2)N=CN=3)sc(=NCCc2ccccc2)n1-c1ccccc1. The van der Waals surface area contributed by atoms with Gasteiger partial charge >= 0.3 is 0 Å². The number of fused-ring (bicyclic) bond motifs is 1. The third-order valence-corrected chi connectivity index (χ3v) is 6.03. The van der Waals surface area contributed by atoms with Gasteiger partial charge in [0.25, 0.3) is 0 Å². The minimum Gasteiger partial charge on any atom is -0.493 e. The van der Waals surface area contributed by atoms with E-state index in [-0.39, 0.29) is 5.88 Å². The zero-order chi connectivity index (χ0) is 21.0. The number of aromatic hydroxyl groups is 1. The van der Waals surface area contributed by atoms with Crippen molar-refractivity contribution in [1.29, 1.82) is 0 Å². The normalized spacial score (nSPS) is 13.4. The molecule has 152 valence electrons. The van der Waals surface area contributed by atoms with Gasteiger partial charge in [0, 0.05) is 6.54 Å². The molecule has 31 heavy (non-hydrogen) atoms. The standard InChI is InChI=1S/C25H20N4OS/c30-24-23(16-19-11-12-21-22(15-19)28-17-27-21)31-25(29(24)20-9-5-2-6-10-20)26-14-13-18-7-3-1-4-8-18/h1-12,15-17,30H,13-14H2. The monoisotopic (exact) mass is 424 g/mol. The fourth-order valence-corrected chi connectivity index (χ4v) is 4.48. The summed E-state index contributed by atoms with van der Waals surface area (Å²) in [5, 5.41) is 12.9. The van der Waals surface area contributed by atoms with Crippen LogP contribution in [-0.4, -0.2) is 22.6 Å². The van der Waals surface area contributed by atoms with E-state index in [1.807, 2.05) is 77.4 Å². The lowest BCUT2D eigenvalue weighted by Gasteiger charge is -2.05. The summed E-state index contributed by atoms with van der Waals surface area (Å²) < 4.78 is 1.81. The second kappa shape index (κ2) is 8.53. The maximum absolute atomic E-state index is 11.1. The summed E-state index contributed by atoms with van der Waals surface area (Å²) in [6.07, 6.45) is 4.37. The molecule has 0 aliphatic carbocycles. The molecule has 3 aromatic carbocycles. The summed E-state index contributed by atoms with van der Waals surface area (Å²) in [5.41, 5.74) is 2.97. The number of nitrogens with zero attached hydrogens (tertiary/aromatic N) is 4. The van der Waals surface area contributed by atoms with Crippen LogP contribution < -0.4 is 15.4 Å². The molecule has 1 aliphatic heterocycles. The van der Waals surface area contributed by atoms with E-state index in [2.05, 4.69) is 22.1 Å². The summed E-state index contributed by atoms with van der Waals surface area (Å²) in [7, 11) is 0. The number of thiazole rings is 1. The van der Waals surface area contributed by atoms with E-state index in [1.54, 1.807) is 6.34 Å². The Bertz CT molecular complexity index is 1430. The topological polar surface area (TPSA) is 62.2 Å². The van der Waals surface area contributed by atoms with Gasteiger partial charge in [-0.05, 0) is 47.5 Å². The van der Waals surface area contributed by atoms with Crippen molar-refractivity contribution in [1.82, 2.24) is 4.57 Å². The Morgan fingerprint density at radius 3 is 2.55 bits per heavy atom. The highest BCUT2D eigenvalue weighted by Crippen LogP contribution is 2.24. The zero-order valence-electron chi connectivity index (χ0n) is 16.7. The Kier molecular flexibility index (Phi) is 5.29. The number of aliphatic imine (C=N–C) groups is 1. The number of para-hydroxylation sites is 1. The van der Waals surface area contributed by atoms with Crippen LogP contribution >= 0.6 is 11.3 Å². The lowest BCUT2D eigenvalue weighted by atomic mass is 10.2. The van der Waals surface area contributed by atoms with E-state index >= 15 is 0 Å². The molecular weight excluding hydrogens is 404 g/mol. The third kappa shape index (κ3) is 4.11. The molecule has 0 amide bonds. The molecule has 0 fully saturated rings. The fourth-order valence-electron chi connectivity index (χ4n) is 3.47. The molecule has 5 nitrogen and oxygen atoms in total. The highest BCUT2D eigenvalue weighted by Gasteiger charge is 2.12. The predicted octanol–water partition coefficient (Wildman–Crippen LogP) is 3.51. The molecule has 0 spiro atoms. The first-order valence-corrected chi connectivity index (χ1v) is 10.9. The van der Waals surface area contributed by atoms with Crippen molar-refractivity contribution in [2.45, 2.75) is 6.42 Å². The first kappa shape index (κ1) is 19.2. The second-order valence-corrected chi connectivity index (χ2v) is 8.14. The molecule has 6 heteroatoms. The van der Waals surface area contributed by atoms with E-state index < -0.39 is 0 Å². The summed E-state index contributed by atoms with van der Waals surface area (Å²) in [5.74, 6) is 0.184. The van der Waals surface area contributed by atoms with E-state index in [4.69, 9.17) is 4.99 Å². The Morgan fingerprint density at radius 2 is 1.74 bits per heavy atom. The molecule has 0 atom stereocenters. The van der Waals surface area contributed by atoms with Crippen LogP contribution in [0.2, 0.25) is 0 Å². The van der Waals surface area contributed by atoms with Crippen molar-refractivity contribution in [3.63, 3.8) is 0 Å². The van der Waals surface area contributed by atoms with Gasteiger partial charge in [0.05, 0.1) is 21.6 Å². The number of rotatable bonds is 5. The van der Waals surface area contributed by atoms with Gasteiger partial charge in [0.2, 0.25) is 5.88 Å². The largest absolute Gasteiger partial charge is 0.493 e. The van der Waals surface area contributed by atoms with E-state index in [9.17, 15) is 5.11 Å². The number of hydrogen-bond acceptors (Lipinski definition) is 5. The van der Waals surface area contributed by atoms with Crippen molar-refractivity contribution in [3.05, 3.63) is 105 Å². The average molecular weight is 425 g/mol. The molecule has 0 saturated carbocycles. The highest BCUT2D eigenvalue weighted by molar-refractivity contribution is 7.10. The zero-order valence-corrected chi connectivity index (χ0v) is 17.5. The van der Waals surface area contributed by atoms with Gasteiger partial charge < -0.3 is 5.11 Å². The average Bonchev–Trinajstić information content (AvgIpc) is 3.39. The molecular formula is C25H20N4OS. The van der Waals surface area contributed by atoms with E-state index in [0.717, 1.165) is 38.1 Å². The number of hydrogen-bond donors (Lipinski definition) is 1. The fraction of sp³-hybridized carbons (Fsp3) is 0.0800. The molecule has 4 aromatic rings. The summed E-state index contributed by atoms with van der Waals surface area (Å²) in [6.45, 7) is 0.644. The minimum absolute atomic E-state index is 0.184. The molecule has 0 unspecified atom stereocenters. The number of aromatic nitrogens is 1. The lowest BCUT2D eigenvalue weighted by molar-refractivity contribution is 0.439. The lowest BCUT2D eigenvalue weighted by Crippen LogP contribution is -2.13. The Balaban J connectivity index is 1.57. The second-order valence-electron chi connectivity index (χ2n) is 7.13. The Hall–Kier alpha value is -3.77. The Morgan fingerprint density at radius 1 is 0.968 bits per heavy atom. The van der Waals surface area contributed by atoms with Crippen molar-refractivity contribution >= 4 is 29.4 Å². The van der Waals surface area contributed by atoms with Gasteiger partial charge in [-0.3, -0.25) is 9.56 Å². The maximum Gasteiger partial charge on any atom is 0.215 e. The molecule has 0 saturated heterocycles. The van der Waals surface area contributed by atoms with E-state index in [0.29, 0.717) is 6.54 Å². The van der Waals surface area contributed by atoms with Gasteiger partial charge in [-0.2, -0.15) is 0 Å². The summed E-state index contributed by atoms with van der Waals surface area (Å²) in [6, 6.07) is 26.0. The van der Waals surface area contributed by atoms with Crippen molar-refractivity contribution in [2.24, 2.45) is 15.0 Å². The third-order valence-electron chi connectivity index (χ3n) is 5.02. The molecule has 0 radical (unpaired) electrons. The molecule has 5 rings (SSSR count). The van der Waals surface area contributed by atoms with Crippen LogP contribution in [0.15, 0.2) is 93.8 Å². The van der Waals surface area contributed by atoms with Gasteiger partial charge in [-0.1, -0.05) is 65.9 Å². The maximum atomic E-state index is 11.1. The van der Waals surface area contributed by atoms with Crippen LogP contribution in [0.4, 0.5) is 5.69 Å².